The first-order chi connectivity index (χ1) is 5.10. The van der Waals surface area contributed by atoms with E-state index < -0.39 is 8.07 Å². The first kappa shape index (κ1) is 11.4. The first-order valence-corrected chi connectivity index (χ1v) is 7.94. The van der Waals surface area contributed by atoms with Crippen molar-refractivity contribution in [2.45, 2.75) is 45.8 Å². The van der Waals surface area contributed by atoms with Crippen LogP contribution in [-0.4, -0.2) is 8.07 Å². The molecule has 0 rings (SSSR count). The Morgan fingerprint density at radius 1 is 1.18 bits per heavy atom. The number of rotatable bonds is 4. The van der Waals surface area contributed by atoms with E-state index in [1.807, 2.05) is 0 Å². The Morgan fingerprint density at radius 3 is 1.64 bits per heavy atom. The number of hydrogen-bond acceptors (Lipinski definition) is 0. The molecule has 0 aliphatic carbocycles. The van der Waals surface area contributed by atoms with Crippen LogP contribution < -0.4 is 0 Å². The molecule has 0 N–H and O–H groups in total. The molecule has 0 aliphatic heterocycles. The third kappa shape index (κ3) is 3.56. The zero-order chi connectivity index (χ0) is 8.91. The van der Waals surface area contributed by atoms with E-state index in [0.717, 1.165) is 0 Å². The molecule has 0 atom stereocenters. The van der Waals surface area contributed by atoms with Gasteiger partial charge in [-0.1, -0.05) is 60.5 Å². The summed E-state index contributed by atoms with van der Waals surface area (Å²) in [6.45, 7) is 9.12. The quantitative estimate of drug-likeness (QED) is 0.636. The molecular weight excluding hydrogens is 216 g/mol. The maximum Gasteiger partial charge on any atom is 0.0780 e. The van der Waals surface area contributed by atoms with Gasteiger partial charge in [0.15, 0.2) is 0 Å². The van der Waals surface area contributed by atoms with E-state index in [0.29, 0.717) is 0 Å². The van der Waals surface area contributed by atoms with Crippen molar-refractivity contribution in [1.82, 2.24) is 0 Å². The van der Waals surface area contributed by atoms with E-state index in [2.05, 4.69) is 49.3 Å². The SMILES string of the molecule is CC[Si](C=C(C)Br)(CC)CC. The Balaban J connectivity index is 4.42. The fourth-order valence-corrected chi connectivity index (χ4v) is 5.89. The highest BCUT2D eigenvalue weighted by molar-refractivity contribution is 9.11. The lowest BCUT2D eigenvalue weighted by molar-refractivity contribution is 1.19. The van der Waals surface area contributed by atoms with Crippen molar-refractivity contribution in [1.29, 1.82) is 0 Å². The van der Waals surface area contributed by atoms with Crippen LogP contribution >= 0.6 is 15.9 Å². The maximum atomic E-state index is 3.53. The molecule has 0 nitrogen and oxygen atoms in total. The van der Waals surface area contributed by atoms with Crippen LogP contribution in [0.5, 0.6) is 0 Å². The van der Waals surface area contributed by atoms with Crippen LogP contribution in [0.1, 0.15) is 27.7 Å². The minimum Gasteiger partial charge on any atom is -0.0846 e. The van der Waals surface area contributed by atoms with Crippen LogP contribution in [0.2, 0.25) is 18.1 Å². The Kier molecular flexibility index (Phi) is 5.35. The Labute approximate surface area is 80.2 Å². The monoisotopic (exact) mass is 234 g/mol. The standard InChI is InChI=1S/C9H19BrSi/c1-5-11(6-2,7-3)8-9(4)10/h8H,5-7H2,1-4H3. The maximum absolute atomic E-state index is 3.53. The molecule has 0 heterocycles. The third-order valence-corrected chi connectivity index (χ3v) is 8.54. The molecule has 0 unspecified atom stereocenters. The summed E-state index contributed by atoms with van der Waals surface area (Å²) >= 11 is 3.53. The van der Waals surface area contributed by atoms with Crippen molar-refractivity contribution in [2.75, 3.05) is 0 Å². The molecule has 0 amide bonds. The van der Waals surface area contributed by atoms with Crippen LogP contribution in [0.25, 0.3) is 0 Å². The van der Waals surface area contributed by atoms with Crippen LogP contribution in [0.3, 0.4) is 0 Å². The molecule has 0 radical (unpaired) electrons. The Hall–Kier alpha value is 0.437. The second kappa shape index (κ2) is 5.15. The predicted octanol–water partition coefficient (Wildman–Crippen LogP) is 4.33. The second-order valence-electron chi connectivity index (χ2n) is 3.15. The Morgan fingerprint density at radius 2 is 1.55 bits per heavy atom. The number of allylic oxidation sites excluding steroid dienone is 1. The van der Waals surface area contributed by atoms with Crippen molar-refractivity contribution in [3.05, 3.63) is 10.2 Å². The summed E-state index contributed by atoms with van der Waals surface area (Å²) in [5.41, 5.74) is 2.49. The molecular formula is C9H19BrSi. The van der Waals surface area contributed by atoms with Gasteiger partial charge in [-0.15, -0.1) is 0 Å². The van der Waals surface area contributed by atoms with Gasteiger partial charge in [0.2, 0.25) is 0 Å². The molecule has 0 saturated carbocycles. The molecule has 0 aromatic carbocycles. The summed E-state index contributed by atoms with van der Waals surface area (Å²) in [7, 11) is -0.989. The van der Waals surface area contributed by atoms with Crippen molar-refractivity contribution in [2.24, 2.45) is 0 Å². The van der Waals surface area contributed by atoms with E-state index in [-0.39, 0.29) is 0 Å². The molecule has 0 bridgehead atoms. The van der Waals surface area contributed by atoms with Gasteiger partial charge in [-0.2, -0.15) is 0 Å². The van der Waals surface area contributed by atoms with E-state index in [1.165, 1.54) is 22.6 Å². The van der Waals surface area contributed by atoms with Gasteiger partial charge in [-0.05, 0) is 11.4 Å². The van der Waals surface area contributed by atoms with Crippen LogP contribution in [0.4, 0.5) is 0 Å². The summed E-state index contributed by atoms with van der Waals surface area (Å²) in [6.07, 6.45) is 0. The summed E-state index contributed by atoms with van der Waals surface area (Å²) in [5, 5.41) is 0. The van der Waals surface area contributed by atoms with E-state index in [9.17, 15) is 0 Å². The fourth-order valence-electron chi connectivity index (χ4n) is 1.48. The molecule has 2 heteroatoms. The second-order valence-corrected chi connectivity index (χ2v) is 9.54. The molecule has 66 valence electrons. The third-order valence-electron chi connectivity index (χ3n) is 2.62. The van der Waals surface area contributed by atoms with Crippen LogP contribution in [0, 0.1) is 0 Å². The predicted molar refractivity (Wildman–Crippen MR) is 59.9 cm³/mol. The minimum absolute atomic E-state index is 0.989. The lowest BCUT2D eigenvalue weighted by atomic mass is 10.8. The first-order valence-electron chi connectivity index (χ1n) is 4.45. The fraction of sp³-hybridized carbons (Fsp3) is 0.778. The molecule has 0 spiro atoms. The molecule has 0 aromatic rings. The highest BCUT2D eigenvalue weighted by Crippen LogP contribution is 2.24. The average Bonchev–Trinajstić information content (AvgIpc) is 2.00. The van der Waals surface area contributed by atoms with Gasteiger partial charge in [-0.3, -0.25) is 0 Å². The normalized spacial score (nSPS) is 13.7. The van der Waals surface area contributed by atoms with E-state index in [4.69, 9.17) is 0 Å². The number of halogens is 1. The van der Waals surface area contributed by atoms with Gasteiger partial charge in [0, 0.05) is 0 Å². The molecule has 0 aliphatic rings. The van der Waals surface area contributed by atoms with E-state index in [1.54, 1.807) is 0 Å². The zero-order valence-corrected chi connectivity index (χ0v) is 10.7. The van der Waals surface area contributed by atoms with Crippen molar-refractivity contribution in [3.8, 4) is 0 Å². The highest BCUT2D eigenvalue weighted by Gasteiger charge is 2.23. The molecule has 11 heavy (non-hydrogen) atoms. The molecule has 0 fully saturated rings. The van der Waals surface area contributed by atoms with Gasteiger partial charge < -0.3 is 0 Å². The lowest BCUT2D eigenvalue weighted by Gasteiger charge is -2.23. The van der Waals surface area contributed by atoms with Crippen molar-refractivity contribution < 1.29 is 0 Å². The zero-order valence-electron chi connectivity index (χ0n) is 8.08. The van der Waals surface area contributed by atoms with Gasteiger partial charge in [-0.25, -0.2) is 0 Å². The van der Waals surface area contributed by atoms with Crippen LogP contribution in [-0.2, 0) is 0 Å². The summed E-state index contributed by atoms with van der Waals surface area (Å²) in [6, 6.07) is 4.13. The number of hydrogen-bond donors (Lipinski definition) is 0. The minimum atomic E-state index is -0.989. The average molecular weight is 235 g/mol. The summed E-state index contributed by atoms with van der Waals surface area (Å²) < 4.78 is 1.33. The Bertz CT molecular complexity index is 124. The smallest absolute Gasteiger partial charge is 0.0780 e. The molecule has 0 aromatic heterocycles. The highest BCUT2D eigenvalue weighted by atomic mass is 79.9. The van der Waals surface area contributed by atoms with Gasteiger partial charge >= 0.3 is 0 Å². The van der Waals surface area contributed by atoms with Gasteiger partial charge in [0.1, 0.15) is 0 Å². The van der Waals surface area contributed by atoms with Crippen molar-refractivity contribution >= 4 is 24.0 Å². The largest absolute Gasteiger partial charge is 0.0846 e. The summed E-state index contributed by atoms with van der Waals surface area (Å²) in [4.78, 5) is 0. The van der Waals surface area contributed by atoms with Crippen molar-refractivity contribution in [3.63, 3.8) is 0 Å². The molecule has 0 saturated heterocycles. The summed E-state index contributed by atoms with van der Waals surface area (Å²) in [5.74, 6) is 0. The van der Waals surface area contributed by atoms with Crippen LogP contribution in [0.15, 0.2) is 10.2 Å². The topological polar surface area (TPSA) is 0 Å². The van der Waals surface area contributed by atoms with Gasteiger partial charge in [0.05, 0.1) is 8.07 Å². The van der Waals surface area contributed by atoms with E-state index >= 15 is 0 Å². The van der Waals surface area contributed by atoms with Gasteiger partial charge in [0.25, 0.3) is 0 Å². The lowest BCUT2D eigenvalue weighted by Crippen LogP contribution is -2.28.